The van der Waals surface area contributed by atoms with E-state index in [0.717, 1.165) is 6.20 Å². The van der Waals surface area contributed by atoms with Crippen LogP contribution in [0.15, 0.2) is 42.6 Å². The first-order chi connectivity index (χ1) is 7.00. The van der Waals surface area contributed by atoms with Gasteiger partial charge in [-0.05, 0) is 12.1 Å². The first kappa shape index (κ1) is 11.3. The number of ketones is 1. The Kier molecular flexibility index (Phi) is 3.49. The van der Waals surface area contributed by atoms with Crippen LogP contribution in [0.3, 0.4) is 0 Å². The van der Waals surface area contributed by atoms with Gasteiger partial charge in [0.2, 0.25) is 0 Å². The first-order valence-corrected chi connectivity index (χ1v) is 4.09. The molecule has 0 fully saturated rings. The van der Waals surface area contributed by atoms with Gasteiger partial charge in [0, 0.05) is 18.0 Å². The van der Waals surface area contributed by atoms with Crippen molar-refractivity contribution in [3.63, 3.8) is 0 Å². The van der Waals surface area contributed by atoms with Crippen molar-refractivity contribution in [3.8, 4) is 0 Å². The SMILES string of the molecule is O=C(/C=C/Nc1ccccc1)C(F)(F)F. The maximum atomic E-state index is 11.7. The standard InChI is InChI=1S/C10H8F3NO/c11-10(12,13)9(15)6-7-14-8-4-2-1-3-5-8/h1-7,14H/b7-6+. The molecule has 0 spiro atoms. The summed E-state index contributed by atoms with van der Waals surface area (Å²) in [6.45, 7) is 0. The minimum Gasteiger partial charge on any atom is -0.362 e. The molecule has 1 rings (SSSR count). The van der Waals surface area contributed by atoms with E-state index >= 15 is 0 Å². The lowest BCUT2D eigenvalue weighted by molar-refractivity contribution is -0.165. The monoisotopic (exact) mass is 215 g/mol. The average Bonchev–Trinajstić information content (AvgIpc) is 2.18. The van der Waals surface area contributed by atoms with Gasteiger partial charge in [0.05, 0.1) is 0 Å². The number of allylic oxidation sites excluding steroid dienone is 1. The molecule has 2 nitrogen and oxygen atoms in total. The van der Waals surface area contributed by atoms with Crippen LogP contribution in [-0.4, -0.2) is 12.0 Å². The number of hydrogen-bond acceptors (Lipinski definition) is 2. The fourth-order valence-corrected chi connectivity index (χ4v) is 0.842. The largest absolute Gasteiger partial charge is 0.454 e. The highest BCUT2D eigenvalue weighted by Gasteiger charge is 2.35. The highest BCUT2D eigenvalue weighted by Crippen LogP contribution is 2.16. The zero-order chi connectivity index (χ0) is 11.3. The molecule has 0 heterocycles. The third kappa shape index (κ3) is 3.84. The molecule has 0 amide bonds. The van der Waals surface area contributed by atoms with Gasteiger partial charge in [0.25, 0.3) is 5.78 Å². The highest BCUT2D eigenvalue weighted by atomic mass is 19.4. The van der Waals surface area contributed by atoms with Crippen LogP contribution in [0, 0.1) is 0 Å². The van der Waals surface area contributed by atoms with E-state index in [1.54, 1.807) is 30.3 Å². The number of nitrogens with one attached hydrogen (secondary N) is 1. The van der Waals surface area contributed by atoms with Gasteiger partial charge in [0.1, 0.15) is 0 Å². The van der Waals surface area contributed by atoms with Gasteiger partial charge in [-0.15, -0.1) is 0 Å². The lowest BCUT2D eigenvalue weighted by Gasteiger charge is -2.01. The van der Waals surface area contributed by atoms with E-state index in [4.69, 9.17) is 0 Å². The molecule has 0 aliphatic carbocycles. The van der Waals surface area contributed by atoms with Crippen molar-refractivity contribution >= 4 is 11.5 Å². The molecule has 0 aliphatic heterocycles. The fourth-order valence-electron chi connectivity index (χ4n) is 0.842. The number of carbonyl (C=O) groups is 1. The van der Waals surface area contributed by atoms with Crippen molar-refractivity contribution in [2.75, 3.05) is 5.32 Å². The maximum Gasteiger partial charge on any atom is 0.454 e. The fraction of sp³-hybridized carbons (Fsp3) is 0.100. The first-order valence-electron chi connectivity index (χ1n) is 4.09. The van der Waals surface area contributed by atoms with E-state index in [9.17, 15) is 18.0 Å². The van der Waals surface area contributed by atoms with Gasteiger partial charge < -0.3 is 5.32 Å². The van der Waals surface area contributed by atoms with Crippen molar-refractivity contribution in [1.29, 1.82) is 0 Å². The van der Waals surface area contributed by atoms with Crippen molar-refractivity contribution in [2.24, 2.45) is 0 Å². The molecule has 15 heavy (non-hydrogen) atoms. The molecule has 1 aromatic rings. The molecule has 0 saturated heterocycles. The summed E-state index contributed by atoms with van der Waals surface area (Å²) < 4.78 is 35.2. The minimum absolute atomic E-state index is 0.451. The van der Waals surface area contributed by atoms with Gasteiger partial charge in [-0.1, -0.05) is 18.2 Å². The Morgan fingerprint density at radius 3 is 2.33 bits per heavy atom. The Hall–Kier alpha value is -1.78. The molecule has 0 atom stereocenters. The van der Waals surface area contributed by atoms with Crippen molar-refractivity contribution < 1.29 is 18.0 Å². The number of anilines is 1. The smallest absolute Gasteiger partial charge is 0.362 e. The normalized spacial score (nSPS) is 11.7. The minimum atomic E-state index is -4.81. The summed E-state index contributed by atoms with van der Waals surface area (Å²) in [4.78, 5) is 10.4. The van der Waals surface area contributed by atoms with E-state index in [1.165, 1.54) is 0 Å². The summed E-state index contributed by atoms with van der Waals surface area (Å²) in [5.74, 6) is -1.88. The van der Waals surface area contributed by atoms with Crippen LogP contribution in [0.5, 0.6) is 0 Å². The van der Waals surface area contributed by atoms with E-state index in [0.29, 0.717) is 11.8 Å². The van der Waals surface area contributed by atoms with Gasteiger partial charge in [-0.2, -0.15) is 13.2 Å². The van der Waals surface area contributed by atoms with Gasteiger partial charge >= 0.3 is 6.18 Å². The maximum absolute atomic E-state index is 11.7. The zero-order valence-corrected chi connectivity index (χ0v) is 7.58. The van der Waals surface area contributed by atoms with Crippen LogP contribution in [0.2, 0.25) is 0 Å². The second-order valence-electron chi connectivity index (χ2n) is 2.71. The van der Waals surface area contributed by atoms with Gasteiger partial charge in [0.15, 0.2) is 0 Å². The van der Waals surface area contributed by atoms with E-state index in [1.807, 2.05) is 0 Å². The second-order valence-corrected chi connectivity index (χ2v) is 2.71. The Balaban J connectivity index is 2.51. The Morgan fingerprint density at radius 2 is 1.80 bits per heavy atom. The third-order valence-corrected chi connectivity index (χ3v) is 1.54. The number of benzene rings is 1. The van der Waals surface area contributed by atoms with Crippen LogP contribution < -0.4 is 5.32 Å². The molecule has 0 aromatic heterocycles. The number of hydrogen-bond donors (Lipinski definition) is 1. The highest BCUT2D eigenvalue weighted by molar-refractivity contribution is 5.94. The molecule has 0 unspecified atom stereocenters. The molecule has 0 radical (unpaired) electrons. The molecule has 0 saturated carbocycles. The van der Waals surface area contributed by atoms with E-state index in [-0.39, 0.29) is 0 Å². The summed E-state index contributed by atoms with van der Waals surface area (Å²) in [6.07, 6.45) is -3.40. The number of para-hydroxylation sites is 1. The number of halogens is 3. The van der Waals surface area contributed by atoms with E-state index < -0.39 is 12.0 Å². The summed E-state index contributed by atoms with van der Waals surface area (Å²) in [7, 11) is 0. The van der Waals surface area contributed by atoms with Gasteiger partial charge in [-0.25, -0.2) is 0 Å². The molecule has 0 bridgehead atoms. The van der Waals surface area contributed by atoms with Gasteiger partial charge in [-0.3, -0.25) is 4.79 Å². The zero-order valence-electron chi connectivity index (χ0n) is 7.58. The topological polar surface area (TPSA) is 29.1 Å². The second kappa shape index (κ2) is 4.63. The van der Waals surface area contributed by atoms with Crippen molar-refractivity contribution in [1.82, 2.24) is 0 Å². The quantitative estimate of drug-likeness (QED) is 0.785. The molecule has 0 aliphatic rings. The van der Waals surface area contributed by atoms with Crippen LogP contribution in [0.1, 0.15) is 0 Å². The number of carbonyl (C=O) groups excluding carboxylic acids is 1. The summed E-state index contributed by atoms with van der Waals surface area (Å²) in [5.41, 5.74) is 0.615. The Morgan fingerprint density at radius 1 is 1.20 bits per heavy atom. The molecule has 1 N–H and O–H groups in total. The molecule has 5 heteroatoms. The number of alkyl halides is 3. The summed E-state index contributed by atoms with van der Waals surface area (Å²) in [6, 6.07) is 8.56. The predicted octanol–water partition coefficient (Wildman–Crippen LogP) is 2.74. The Labute approximate surface area is 84.4 Å². The molecule has 80 valence electrons. The summed E-state index contributed by atoms with van der Waals surface area (Å²) >= 11 is 0. The predicted molar refractivity (Wildman–Crippen MR) is 50.3 cm³/mol. The number of rotatable bonds is 3. The average molecular weight is 215 g/mol. The van der Waals surface area contributed by atoms with Crippen LogP contribution in [-0.2, 0) is 4.79 Å². The lowest BCUT2D eigenvalue weighted by Crippen LogP contribution is -2.20. The molecular formula is C10H8F3NO. The van der Waals surface area contributed by atoms with Crippen molar-refractivity contribution in [2.45, 2.75) is 6.18 Å². The molecule has 1 aromatic carbocycles. The third-order valence-electron chi connectivity index (χ3n) is 1.54. The van der Waals surface area contributed by atoms with Crippen molar-refractivity contribution in [3.05, 3.63) is 42.6 Å². The van der Waals surface area contributed by atoms with E-state index in [2.05, 4.69) is 5.32 Å². The molecular weight excluding hydrogens is 207 g/mol. The summed E-state index contributed by atoms with van der Waals surface area (Å²) in [5, 5.41) is 2.55. The Bertz CT molecular complexity index is 357. The van der Waals surface area contributed by atoms with Crippen LogP contribution in [0.25, 0.3) is 0 Å². The lowest BCUT2D eigenvalue weighted by atomic mass is 10.3. The van der Waals surface area contributed by atoms with Crippen LogP contribution in [0.4, 0.5) is 18.9 Å². The van der Waals surface area contributed by atoms with Crippen LogP contribution >= 0.6 is 0 Å².